The highest BCUT2D eigenvalue weighted by Gasteiger charge is 2.10. The monoisotopic (exact) mass is 205 g/mol. The molecule has 0 fully saturated rings. The Bertz CT molecular complexity index is 316. The first kappa shape index (κ1) is 11.9. The van der Waals surface area contributed by atoms with Gasteiger partial charge in [-0.1, -0.05) is 31.2 Å². The summed E-state index contributed by atoms with van der Waals surface area (Å²) < 4.78 is 0. The van der Waals surface area contributed by atoms with Gasteiger partial charge >= 0.3 is 0 Å². The predicted molar refractivity (Wildman–Crippen MR) is 62.9 cm³/mol. The van der Waals surface area contributed by atoms with Gasteiger partial charge in [0.05, 0.1) is 0 Å². The molecule has 2 nitrogen and oxygen atoms in total. The van der Waals surface area contributed by atoms with Crippen molar-refractivity contribution in [1.29, 1.82) is 0 Å². The molecule has 0 bridgehead atoms. The summed E-state index contributed by atoms with van der Waals surface area (Å²) >= 11 is 0. The SMILES string of the molecule is CCc1ccc(C(CC(C)=O)NC)cc1. The molecule has 0 saturated heterocycles. The van der Waals surface area contributed by atoms with Gasteiger partial charge in [0.25, 0.3) is 0 Å². The Balaban J connectivity index is 2.78. The van der Waals surface area contributed by atoms with Crippen molar-refractivity contribution < 1.29 is 4.79 Å². The number of rotatable bonds is 5. The molecule has 1 aromatic carbocycles. The van der Waals surface area contributed by atoms with Crippen LogP contribution in [0.4, 0.5) is 0 Å². The largest absolute Gasteiger partial charge is 0.313 e. The lowest BCUT2D eigenvalue weighted by Gasteiger charge is -2.15. The fourth-order valence-corrected chi connectivity index (χ4v) is 1.66. The lowest BCUT2D eigenvalue weighted by molar-refractivity contribution is -0.117. The Morgan fingerprint density at radius 2 is 1.93 bits per heavy atom. The van der Waals surface area contributed by atoms with Gasteiger partial charge in [0.1, 0.15) is 5.78 Å². The minimum absolute atomic E-state index is 0.147. The summed E-state index contributed by atoms with van der Waals surface area (Å²) in [5, 5.41) is 3.17. The number of carbonyl (C=O) groups is 1. The summed E-state index contributed by atoms with van der Waals surface area (Å²) in [6, 6.07) is 8.60. The number of benzene rings is 1. The Kier molecular flexibility index (Phi) is 4.50. The van der Waals surface area contributed by atoms with Crippen LogP contribution in [0.15, 0.2) is 24.3 Å². The van der Waals surface area contributed by atoms with Crippen LogP contribution in [0.3, 0.4) is 0 Å². The van der Waals surface area contributed by atoms with Crippen molar-refractivity contribution in [3.63, 3.8) is 0 Å². The average Bonchev–Trinajstić information content (AvgIpc) is 2.26. The molecule has 2 heteroatoms. The third kappa shape index (κ3) is 3.48. The maximum Gasteiger partial charge on any atom is 0.131 e. The molecule has 82 valence electrons. The second-order valence-electron chi connectivity index (χ2n) is 3.84. The number of carbonyl (C=O) groups excluding carboxylic acids is 1. The van der Waals surface area contributed by atoms with Crippen molar-refractivity contribution in [2.24, 2.45) is 0 Å². The van der Waals surface area contributed by atoms with Crippen molar-refractivity contribution in [1.82, 2.24) is 5.32 Å². The third-order valence-electron chi connectivity index (χ3n) is 2.63. The van der Waals surface area contributed by atoms with E-state index in [-0.39, 0.29) is 11.8 Å². The molecule has 1 aromatic rings. The van der Waals surface area contributed by atoms with E-state index >= 15 is 0 Å². The second kappa shape index (κ2) is 5.66. The van der Waals surface area contributed by atoms with E-state index in [4.69, 9.17) is 0 Å². The lowest BCUT2D eigenvalue weighted by Crippen LogP contribution is -2.18. The number of Topliss-reactive ketones (excluding diaryl/α,β-unsaturated/α-hetero) is 1. The van der Waals surface area contributed by atoms with Crippen LogP contribution in [0, 0.1) is 0 Å². The molecule has 15 heavy (non-hydrogen) atoms. The van der Waals surface area contributed by atoms with E-state index in [1.807, 2.05) is 7.05 Å². The molecule has 1 unspecified atom stereocenters. The molecule has 0 saturated carbocycles. The van der Waals surface area contributed by atoms with Crippen LogP contribution in [0.2, 0.25) is 0 Å². The van der Waals surface area contributed by atoms with E-state index in [1.54, 1.807) is 6.92 Å². The zero-order valence-corrected chi connectivity index (χ0v) is 9.71. The summed E-state index contributed by atoms with van der Waals surface area (Å²) in [7, 11) is 1.89. The third-order valence-corrected chi connectivity index (χ3v) is 2.63. The smallest absolute Gasteiger partial charge is 0.131 e. The van der Waals surface area contributed by atoms with Gasteiger partial charge in [-0.15, -0.1) is 0 Å². The van der Waals surface area contributed by atoms with E-state index in [0.29, 0.717) is 6.42 Å². The predicted octanol–water partition coefficient (Wildman–Crippen LogP) is 2.49. The van der Waals surface area contributed by atoms with Crippen LogP contribution in [0.1, 0.15) is 37.4 Å². The number of hydrogen-bond acceptors (Lipinski definition) is 2. The van der Waals surface area contributed by atoms with Crippen molar-refractivity contribution in [2.75, 3.05) is 7.05 Å². The van der Waals surface area contributed by atoms with Crippen LogP contribution in [0.25, 0.3) is 0 Å². The summed E-state index contributed by atoms with van der Waals surface area (Å²) in [6.07, 6.45) is 1.61. The van der Waals surface area contributed by atoms with Gasteiger partial charge in [0.15, 0.2) is 0 Å². The highest BCUT2D eigenvalue weighted by molar-refractivity contribution is 5.76. The minimum atomic E-state index is 0.147. The van der Waals surface area contributed by atoms with E-state index in [1.165, 1.54) is 11.1 Å². The molecule has 0 heterocycles. The van der Waals surface area contributed by atoms with Crippen molar-refractivity contribution >= 4 is 5.78 Å². The summed E-state index contributed by atoms with van der Waals surface area (Å²) in [4.78, 5) is 11.1. The fourth-order valence-electron chi connectivity index (χ4n) is 1.66. The lowest BCUT2D eigenvalue weighted by atomic mass is 10.00. The first-order chi connectivity index (χ1) is 7.17. The van der Waals surface area contributed by atoms with Crippen LogP contribution in [0.5, 0.6) is 0 Å². The van der Waals surface area contributed by atoms with Crippen LogP contribution in [-0.2, 0) is 11.2 Å². The highest BCUT2D eigenvalue weighted by atomic mass is 16.1. The molecule has 0 aliphatic rings. The number of nitrogens with one attached hydrogen (secondary N) is 1. The zero-order valence-electron chi connectivity index (χ0n) is 9.71. The molecule has 0 aromatic heterocycles. The van der Waals surface area contributed by atoms with Crippen molar-refractivity contribution in [3.8, 4) is 0 Å². The molecule has 1 rings (SSSR count). The van der Waals surface area contributed by atoms with Gasteiger partial charge in [-0.2, -0.15) is 0 Å². The molecule has 0 aliphatic carbocycles. The van der Waals surface area contributed by atoms with Gasteiger partial charge < -0.3 is 5.32 Å². The summed E-state index contributed by atoms with van der Waals surface area (Å²) in [5.41, 5.74) is 2.52. The van der Waals surface area contributed by atoms with Gasteiger partial charge in [0, 0.05) is 12.5 Å². The molecule has 0 amide bonds. The van der Waals surface area contributed by atoms with Gasteiger partial charge in [-0.05, 0) is 31.5 Å². The van der Waals surface area contributed by atoms with Crippen molar-refractivity contribution in [3.05, 3.63) is 35.4 Å². The Hall–Kier alpha value is -1.15. The number of ketones is 1. The second-order valence-corrected chi connectivity index (χ2v) is 3.84. The maximum absolute atomic E-state index is 11.1. The van der Waals surface area contributed by atoms with Crippen LogP contribution < -0.4 is 5.32 Å². The van der Waals surface area contributed by atoms with Crippen LogP contribution in [-0.4, -0.2) is 12.8 Å². The molecular formula is C13H19NO. The maximum atomic E-state index is 11.1. The Morgan fingerprint density at radius 1 is 1.33 bits per heavy atom. The van der Waals surface area contributed by atoms with E-state index in [2.05, 4.69) is 36.5 Å². The quantitative estimate of drug-likeness (QED) is 0.800. The summed E-state index contributed by atoms with van der Waals surface area (Å²) in [5.74, 6) is 0.217. The average molecular weight is 205 g/mol. The van der Waals surface area contributed by atoms with Gasteiger partial charge in [0.2, 0.25) is 0 Å². The normalized spacial score (nSPS) is 12.5. The Labute approximate surface area is 91.7 Å². The molecule has 0 aliphatic heterocycles. The van der Waals surface area contributed by atoms with E-state index in [0.717, 1.165) is 6.42 Å². The minimum Gasteiger partial charge on any atom is -0.313 e. The fraction of sp³-hybridized carbons (Fsp3) is 0.462. The molecule has 1 N–H and O–H groups in total. The first-order valence-corrected chi connectivity index (χ1v) is 5.43. The van der Waals surface area contributed by atoms with E-state index in [9.17, 15) is 4.79 Å². The van der Waals surface area contributed by atoms with Crippen LogP contribution >= 0.6 is 0 Å². The van der Waals surface area contributed by atoms with Gasteiger partial charge in [-0.3, -0.25) is 4.79 Å². The topological polar surface area (TPSA) is 29.1 Å². The number of hydrogen-bond donors (Lipinski definition) is 1. The van der Waals surface area contributed by atoms with Crippen molar-refractivity contribution in [2.45, 2.75) is 32.7 Å². The molecule has 0 spiro atoms. The highest BCUT2D eigenvalue weighted by Crippen LogP contribution is 2.17. The number of aryl methyl sites for hydroxylation is 1. The molecule has 1 atom stereocenters. The zero-order chi connectivity index (χ0) is 11.3. The van der Waals surface area contributed by atoms with E-state index < -0.39 is 0 Å². The van der Waals surface area contributed by atoms with Gasteiger partial charge in [-0.25, -0.2) is 0 Å². The first-order valence-electron chi connectivity index (χ1n) is 5.43. The Morgan fingerprint density at radius 3 is 2.33 bits per heavy atom. The molecule has 0 radical (unpaired) electrons. The summed E-state index contributed by atoms with van der Waals surface area (Å²) in [6.45, 7) is 3.77. The molecular weight excluding hydrogens is 186 g/mol. The standard InChI is InChI=1S/C13H19NO/c1-4-11-5-7-12(8-6-11)13(14-3)9-10(2)15/h5-8,13-14H,4,9H2,1-3H3.